The first-order chi connectivity index (χ1) is 5.70. The van der Waals surface area contributed by atoms with Crippen molar-refractivity contribution in [2.75, 3.05) is 7.11 Å². The van der Waals surface area contributed by atoms with E-state index in [2.05, 4.69) is 14.4 Å². The molecule has 6 nitrogen and oxygen atoms in total. The van der Waals surface area contributed by atoms with Gasteiger partial charge in [0.1, 0.15) is 0 Å². The molecule has 1 heterocycles. The largest absolute Gasteiger partial charge is 0.464 e. The van der Waals surface area contributed by atoms with E-state index in [1.807, 2.05) is 0 Å². The maximum atomic E-state index is 10.8. The predicted octanol–water partition coefficient (Wildman–Crippen LogP) is -0.753. The number of H-pyrrole nitrogens is 1. The molecule has 6 heteroatoms. The van der Waals surface area contributed by atoms with Gasteiger partial charge in [-0.05, 0) is 0 Å². The number of aromatic amines is 1. The van der Waals surface area contributed by atoms with E-state index in [0.717, 1.165) is 7.11 Å². The van der Waals surface area contributed by atoms with Crippen LogP contribution in [0.25, 0.3) is 0 Å². The van der Waals surface area contributed by atoms with Gasteiger partial charge in [0.25, 0.3) is 0 Å². The summed E-state index contributed by atoms with van der Waals surface area (Å²) in [7, 11) is 1.16. The first kappa shape index (κ1) is 8.54. The SMILES string of the molecule is COC(=O)c1[nH]oc(=O)c1CO. The third-order valence-electron chi connectivity index (χ3n) is 1.34. The number of carbonyl (C=O) groups excluding carboxylic acids is 1. The summed E-state index contributed by atoms with van der Waals surface area (Å²) >= 11 is 0. The minimum absolute atomic E-state index is 0.123. The molecule has 0 aromatic carbocycles. The van der Waals surface area contributed by atoms with Crippen LogP contribution in [-0.2, 0) is 11.3 Å². The maximum Gasteiger partial charge on any atom is 0.363 e. The Balaban J connectivity index is 3.16. The van der Waals surface area contributed by atoms with E-state index < -0.39 is 18.2 Å². The van der Waals surface area contributed by atoms with E-state index >= 15 is 0 Å². The van der Waals surface area contributed by atoms with E-state index in [4.69, 9.17) is 5.11 Å². The monoisotopic (exact) mass is 173 g/mol. The smallest absolute Gasteiger partial charge is 0.363 e. The maximum absolute atomic E-state index is 10.8. The lowest BCUT2D eigenvalue weighted by Gasteiger charge is -1.94. The highest BCUT2D eigenvalue weighted by Crippen LogP contribution is 2.01. The summed E-state index contributed by atoms with van der Waals surface area (Å²) in [6.45, 7) is -0.559. The summed E-state index contributed by atoms with van der Waals surface area (Å²) in [6.07, 6.45) is 0. The average Bonchev–Trinajstić information content (AvgIpc) is 2.45. The molecule has 1 aromatic heterocycles. The van der Waals surface area contributed by atoms with Crippen LogP contribution in [-0.4, -0.2) is 23.3 Å². The summed E-state index contributed by atoms with van der Waals surface area (Å²) < 4.78 is 8.58. The Morgan fingerprint density at radius 1 is 1.75 bits per heavy atom. The van der Waals surface area contributed by atoms with E-state index in [9.17, 15) is 9.59 Å². The lowest BCUT2D eigenvalue weighted by Crippen LogP contribution is -2.09. The number of carbonyl (C=O) groups is 1. The number of aromatic nitrogens is 1. The summed E-state index contributed by atoms with van der Waals surface area (Å²) in [4.78, 5) is 21.6. The molecule has 1 rings (SSSR count). The number of rotatable bonds is 2. The number of aliphatic hydroxyl groups is 1. The van der Waals surface area contributed by atoms with Crippen LogP contribution in [0.3, 0.4) is 0 Å². The normalized spacial score (nSPS) is 9.83. The summed E-state index contributed by atoms with van der Waals surface area (Å²) in [6, 6.07) is 0. The molecule has 0 aliphatic rings. The van der Waals surface area contributed by atoms with Crippen LogP contribution in [0, 0.1) is 0 Å². The van der Waals surface area contributed by atoms with Gasteiger partial charge in [0.05, 0.1) is 19.3 Å². The Bertz CT molecular complexity index is 336. The van der Waals surface area contributed by atoms with Crippen LogP contribution in [0.4, 0.5) is 0 Å². The van der Waals surface area contributed by atoms with E-state index in [0.29, 0.717) is 0 Å². The fourth-order valence-electron chi connectivity index (χ4n) is 0.733. The minimum Gasteiger partial charge on any atom is -0.464 e. The van der Waals surface area contributed by atoms with Crippen molar-refractivity contribution in [1.82, 2.24) is 5.16 Å². The zero-order chi connectivity index (χ0) is 9.14. The molecule has 0 atom stereocenters. The van der Waals surface area contributed by atoms with Crippen molar-refractivity contribution in [3.05, 3.63) is 21.7 Å². The number of methoxy groups -OCH3 is 1. The van der Waals surface area contributed by atoms with Crippen LogP contribution in [0.15, 0.2) is 9.32 Å². The van der Waals surface area contributed by atoms with Crippen molar-refractivity contribution in [3.63, 3.8) is 0 Å². The summed E-state index contributed by atoms with van der Waals surface area (Å²) in [5.74, 6) is -0.745. The van der Waals surface area contributed by atoms with Crippen molar-refractivity contribution < 1.29 is 19.2 Å². The second-order valence-corrected chi connectivity index (χ2v) is 1.99. The number of nitrogens with one attached hydrogen (secondary N) is 1. The van der Waals surface area contributed by atoms with Crippen LogP contribution in [0.2, 0.25) is 0 Å². The highest BCUT2D eigenvalue weighted by Gasteiger charge is 2.18. The van der Waals surface area contributed by atoms with E-state index in [1.165, 1.54) is 0 Å². The minimum atomic E-state index is -0.766. The Kier molecular flexibility index (Phi) is 2.29. The molecule has 0 bridgehead atoms. The Hall–Kier alpha value is -1.56. The lowest BCUT2D eigenvalue weighted by molar-refractivity contribution is 0.0586. The van der Waals surface area contributed by atoms with Crippen LogP contribution >= 0.6 is 0 Å². The zero-order valence-electron chi connectivity index (χ0n) is 6.29. The Labute approximate surface area is 66.7 Å². The molecule has 0 saturated carbocycles. The molecule has 0 amide bonds. The van der Waals surface area contributed by atoms with Crippen LogP contribution in [0.5, 0.6) is 0 Å². The molecule has 66 valence electrons. The number of hydrogen-bond donors (Lipinski definition) is 2. The van der Waals surface area contributed by atoms with Gasteiger partial charge in [-0.1, -0.05) is 0 Å². The number of esters is 1. The van der Waals surface area contributed by atoms with Gasteiger partial charge in [-0.15, -0.1) is 0 Å². The van der Waals surface area contributed by atoms with Crippen LogP contribution in [0.1, 0.15) is 16.1 Å². The quantitative estimate of drug-likeness (QED) is 0.574. The summed E-state index contributed by atoms with van der Waals surface area (Å²) in [5, 5.41) is 10.7. The first-order valence-electron chi connectivity index (χ1n) is 3.10. The average molecular weight is 173 g/mol. The van der Waals surface area contributed by atoms with Crippen molar-refractivity contribution in [2.45, 2.75) is 6.61 Å². The first-order valence-corrected chi connectivity index (χ1v) is 3.10. The molecule has 0 spiro atoms. The van der Waals surface area contributed by atoms with Gasteiger partial charge in [-0.25, -0.2) is 14.7 Å². The van der Waals surface area contributed by atoms with Gasteiger partial charge in [-0.3, -0.25) is 0 Å². The van der Waals surface area contributed by atoms with Gasteiger partial charge in [0.2, 0.25) is 0 Å². The topological polar surface area (TPSA) is 92.5 Å². The van der Waals surface area contributed by atoms with Crippen molar-refractivity contribution >= 4 is 5.97 Å². The second kappa shape index (κ2) is 3.22. The van der Waals surface area contributed by atoms with Gasteiger partial charge in [-0.2, -0.15) is 0 Å². The molecule has 12 heavy (non-hydrogen) atoms. The molecule has 0 saturated heterocycles. The molecular formula is C6H7NO5. The molecular weight excluding hydrogens is 166 g/mol. The standard InChI is InChI=1S/C6H7NO5/c1-11-6(10)4-3(2-8)5(9)12-7-4/h7-8H,2H2,1H3. The fourth-order valence-corrected chi connectivity index (χ4v) is 0.733. The third kappa shape index (κ3) is 1.24. The van der Waals surface area contributed by atoms with E-state index in [-0.39, 0.29) is 11.3 Å². The fraction of sp³-hybridized carbons (Fsp3) is 0.333. The third-order valence-corrected chi connectivity index (χ3v) is 1.34. The van der Waals surface area contributed by atoms with Gasteiger partial charge < -0.3 is 14.4 Å². The molecule has 0 aliphatic carbocycles. The van der Waals surface area contributed by atoms with Gasteiger partial charge in [0, 0.05) is 0 Å². The molecule has 0 radical (unpaired) electrons. The number of ether oxygens (including phenoxy) is 1. The van der Waals surface area contributed by atoms with Crippen molar-refractivity contribution in [3.8, 4) is 0 Å². The van der Waals surface area contributed by atoms with E-state index in [1.54, 1.807) is 0 Å². The highest BCUT2D eigenvalue weighted by atomic mass is 16.5. The highest BCUT2D eigenvalue weighted by molar-refractivity contribution is 5.88. The molecule has 0 fully saturated rings. The Morgan fingerprint density at radius 3 is 2.92 bits per heavy atom. The summed E-state index contributed by atoms with van der Waals surface area (Å²) in [5.41, 5.74) is -1.04. The lowest BCUT2D eigenvalue weighted by atomic mass is 10.2. The number of aliphatic hydroxyl groups excluding tert-OH is 1. The van der Waals surface area contributed by atoms with Gasteiger partial charge >= 0.3 is 11.6 Å². The molecule has 0 unspecified atom stereocenters. The van der Waals surface area contributed by atoms with Crippen LogP contribution < -0.4 is 5.63 Å². The van der Waals surface area contributed by atoms with Crippen molar-refractivity contribution in [1.29, 1.82) is 0 Å². The second-order valence-electron chi connectivity index (χ2n) is 1.99. The Morgan fingerprint density at radius 2 is 2.42 bits per heavy atom. The molecule has 0 aliphatic heterocycles. The zero-order valence-corrected chi connectivity index (χ0v) is 6.29. The van der Waals surface area contributed by atoms with Crippen molar-refractivity contribution in [2.24, 2.45) is 0 Å². The molecule has 1 aromatic rings. The van der Waals surface area contributed by atoms with Gasteiger partial charge in [0.15, 0.2) is 5.69 Å². The number of hydrogen-bond acceptors (Lipinski definition) is 5. The molecule has 2 N–H and O–H groups in total. The predicted molar refractivity (Wildman–Crippen MR) is 36.6 cm³/mol.